The van der Waals surface area contributed by atoms with Crippen LogP contribution in [0.2, 0.25) is 0 Å². The Bertz CT molecular complexity index is 163. The molecule has 0 rings (SSSR count). The smallest absolute Gasteiger partial charge is 0.157 e. The van der Waals surface area contributed by atoms with Crippen LogP contribution < -0.4 is 0 Å². The lowest BCUT2D eigenvalue weighted by Gasteiger charge is -2.16. The molecule has 0 heterocycles. The molecular formula is C14H28O3. The van der Waals surface area contributed by atoms with Crippen molar-refractivity contribution in [2.75, 3.05) is 19.8 Å². The van der Waals surface area contributed by atoms with Gasteiger partial charge in [0.1, 0.15) is 0 Å². The summed E-state index contributed by atoms with van der Waals surface area (Å²) in [6, 6.07) is 0. The Morgan fingerprint density at radius 2 is 1.59 bits per heavy atom. The largest absolute Gasteiger partial charge is 0.396 e. The van der Waals surface area contributed by atoms with Gasteiger partial charge in [0.15, 0.2) is 6.29 Å². The number of aliphatic hydroxyl groups excluding tert-OH is 1. The van der Waals surface area contributed by atoms with E-state index in [4.69, 9.17) is 14.6 Å². The lowest BCUT2D eigenvalue weighted by Crippen LogP contribution is -2.17. The van der Waals surface area contributed by atoms with Crippen LogP contribution in [0, 0.1) is 0 Å². The zero-order valence-corrected chi connectivity index (χ0v) is 11.4. The fourth-order valence-corrected chi connectivity index (χ4v) is 1.65. The minimum Gasteiger partial charge on any atom is -0.396 e. The van der Waals surface area contributed by atoms with Crippen LogP contribution in [0.3, 0.4) is 0 Å². The monoisotopic (exact) mass is 244 g/mol. The van der Waals surface area contributed by atoms with Crippen molar-refractivity contribution in [3.05, 3.63) is 12.2 Å². The summed E-state index contributed by atoms with van der Waals surface area (Å²) in [5, 5.41) is 8.59. The van der Waals surface area contributed by atoms with Crippen LogP contribution in [0.4, 0.5) is 0 Å². The fourth-order valence-electron chi connectivity index (χ4n) is 1.65. The standard InChI is InChI=1S/C14H28O3/c1-3-16-14(17-4-2)12-10-8-6-5-7-9-11-13-15/h7,9,14-15H,3-6,8,10-13H2,1-2H3/b9-7-. The lowest BCUT2D eigenvalue weighted by atomic mass is 10.1. The highest BCUT2D eigenvalue weighted by Crippen LogP contribution is 2.10. The first-order chi connectivity index (χ1) is 8.35. The van der Waals surface area contributed by atoms with Crippen molar-refractivity contribution in [1.29, 1.82) is 0 Å². The second-order valence-electron chi connectivity index (χ2n) is 3.96. The van der Waals surface area contributed by atoms with Crippen LogP contribution in [0.25, 0.3) is 0 Å². The van der Waals surface area contributed by atoms with E-state index in [1.807, 2.05) is 19.9 Å². The first kappa shape index (κ1) is 16.6. The van der Waals surface area contributed by atoms with E-state index >= 15 is 0 Å². The van der Waals surface area contributed by atoms with Crippen molar-refractivity contribution in [3.8, 4) is 0 Å². The van der Waals surface area contributed by atoms with Crippen LogP contribution in [-0.4, -0.2) is 31.2 Å². The molecule has 0 amide bonds. The van der Waals surface area contributed by atoms with E-state index in [9.17, 15) is 0 Å². The Balaban J connectivity index is 3.35. The van der Waals surface area contributed by atoms with Gasteiger partial charge in [0, 0.05) is 19.8 Å². The Morgan fingerprint density at radius 3 is 2.18 bits per heavy atom. The number of allylic oxidation sites excluding steroid dienone is 1. The molecule has 0 aliphatic heterocycles. The van der Waals surface area contributed by atoms with Gasteiger partial charge in [-0.25, -0.2) is 0 Å². The van der Waals surface area contributed by atoms with E-state index in [0.29, 0.717) is 13.2 Å². The van der Waals surface area contributed by atoms with Gasteiger partial charge in [0.2, 0.25) is 0 Å². The molecule has 0 aliphatic carbocycles. The van der Waals surface area contributed by atoms with E-state index in [1.165, 1.54) is 12.8 Å². The van der Waals surface area contributed by atoms with Gasteiger partial charge in [0.05, 0.1) is 0 Å². The highest BCUT2D eigenvalue weighted by atomic mass is 16.7. The van der Waals surface area contributed by atoms with Crippen LogP contribution in [-0.2, 0) is 9.47 Å². The van der Waals surface area contributed by atoms with Crippen molar-refractivity contribution < 1.29 is 14.6 Å². The average molecular weight is 244 g/mol. The van der Waals surface area contributed by atoms with Crippen molar-refractivity contribution in [3.63, 3.8) is 0 Å². The second-order valence-corrected chi connectivity index (χ2v) is 3.96. The second kappa shape index (κ2) is 13.7. The van der Waals surface area contributed by atoms with Gasteiger partial charge >= 0.3 is 0 Å². The molecule has 0 aromatic rings. The Kier molecular flexibility index (Phi) is 13.4. The maximum Gasteiger partial charge on any atom is 0.157 e. The number of ether oxygens (including phenoxy) is 2. The van der Waals surface area contributed by atoms with Gasteiger partial charge in [-0.1, -0.05) is 18.6 Å². The molecular weight excluding hydrogens is 216 g/mol. The highest BCUT2D eigenvalue weighted by molar-refractivity contribution is 4.80. The van der Waals surface area contributed by atoms with Gasteiger partial charge in [-0.05, 0) is 46.0 Å². The summed E-state index contributed by atoms with van der Waals surface area (Å²) in [7, 11) is 0. The first-order valence-electron chi connectivity index (χ1n) is 6.84. The molecule has 0 atom stereocenters. The Hall–Kier alpha value is -0.380. The molecule has 1 N–H and O–H groups in total. The average Bonchev–Trinajstić information content (AvgIpc) is 2.33. The molecule has 0 bridgehead atoms. The van der Waals surface area contributed by atoms with E-state index in [2.05, 4.69) is 6.08 Å². The molecule has 0 aliphatic rings. The summed E-state index contributed by atoms with van der Waals surface area (Å²) in [6.07, 6.45) is 10.6. The topological polar surface area (TPSA) is 38.7 Å². The summed E-state index contributed by atoms with van der Waals surface area (Å²) in [5.74, 6) is 0. The summed E-state index contributed by atoms with van der Waals surface area (Å²) in [4.78, 5) is 0. The number of hydrogen-bond donors (Lipinski definition) is 1. The minimum absolute atomic E-state index is 0.0186. The maximum absolute atomic E-state index is 8.59. The normalized spacial score (nSPS) is 11.8. The number of hydrogen-bond acceptors (Lipinski definition) is 3. The third-order valence-electron chi connectivity index (χ3n) is 2.48. The summed E-state index contributed by atoms with van der Waals surface area (Å²) < 4.78 is 11.0. The summed E-state index contributed by atoms with van der Waals surface area (Å²) in [6.45, 7) is 5.68. The number of unbranched alkanes of at least 4 members (excludes halogenated alkanes) is 3. The van der Waals surface area contributed by atoms with Gasteiger partial charge in [-0.3, -0.25) is 0 Å². The van der Waals surface area contributed by atoms with Gasteiger partial charge < -0.3 is 14.6 Å². The molecule has 0 aromatic carbocycles. The first-order valence-corrected chi connectivity index (χ1v) is 6.84. The predicted molar refractivity (Wildman–Crippen MR) is 71.0 cm³/mol. The number of rotatable bonds is 12. The SMILES string of the molecule is CCOC(CCCCC/C=C\CCO)OCC. The third-order valence-corrected chi connectivity index (χ3v) is 2.48. The fraction of sp³-hybridized carbons (Fsp3) is 0.857. The van der Waals surface area contributed by atoms with E-state index in [1.54, 1.807) is 0 Å². The minimum atomic E-state index is -0.0186. The molecule has 0 saturated heterocycles. The van der Waals surface area contributed by atoms with E-state index in [-0.39, 0.29) is 12.9 Å². The molecule has 3 nitrogen and oxygen atoms in total. The van der Waals surface area contributed by atoms with Crippen LogP contribution in [0.15, 0.2) is 12.2 Å². The van der Waals surface area contributed by atoms with Gasteiger partial charge in [-0.2, -0.15) is 0 Å². The molecule has 17 heavy (non-hydrogen) atoms. The van der Waals surface area contributed by atoms with Crippen LogP contribution in [0.5, 0.6) is 0 Å². The van der Waals surface area contributed by atoms with Gasteiger partial charge in [0.25, 0.3) is 0 Å². The predicted octanol–water partition coefficient (Wildman–Crippen LogP) is 3.27. The van der Waals surface area contributed by atoms with Gasteiger partial charge in [-0.15, -0.1) is 0 Å². The van der Waals surface area contributed by atoms with E-state index < -0.39 is 0 Å². The third kappa shape index (κ3) is 11.9. The molecule has 0 spiro atoms. The van der Waals surface area contributed by atoms with Crippen molar-refractivity contribution in [2.24, 2.45) is 0 Å². The molecule has 3 heteroatoms. The molecule has 0 unspecified atom stereocenters. The van der Waals surface area contributed by atoms with Crippen molar-refractivity contribution in [2.45, 2.75) is 58.7 Å². The molecule has 102 valence electrons. The van der Waals surface area contributed by atoms with Crippen LogP contribution >= 0.6 is 0 Å². The van der Waals surface area contributed by atoms with Crippen LogP contribution in [0.1, 0.15) is 52.4 Å². The molecule has 0 radical (unpaired) electrons. The maximum atomic E-state index is 8.59. The lowest BCUT2D eigenvalue weighted by molar-refractivity contribution is -0.140. The zero-order chi connectivity index (χ0) is 12.8. The highest BCUT2D eigenvalue weighted by Gasteiger charge is 2.06. The Labute approximate surface area is 106 Å². The molecule has 0 saturated carbocycles. The van der Waals surface area contributed by atoms with Crippen molar-refractivity contribution in [1.82, 2.24) is 0 Å². The van der Waals surface area contributed by atoms with Crippen molar-refractivity contribution >= 4 is 0 Å². The van der Waals surface area contributed by atoms with E-state index in [0.717, 1.165) is 25.7 Å². The summed E-state index contributed by atoms with van der Waals surface area (Å²) >= 11 is 0. The molecule has 0 aromatic heterocycles. The number of aliphatic hydroxyl groups is 1. The Morgan fingerprint density at radius 1 is 0.941 bits per heavy atom. The summed E-state index contributed by atoms with van der Waals surface area (Å²) in [5.41, 5.74) is 0. The zero-order valence-electron chi connectivity index (χ0n) is 11.4. The molecule has 0 fully saturated rings. The quantitative estimate of drug-likeness (QED) is 0.325.